The summed E-state index contributed by atoms with van der Waals surface area (Å²) in [7, 11) is 3.78. The SMILES string of the molecule is C=C=CC=NC(=N)c1ccc(C(C)CNC(=O)N(C)C(CCC)CCNC)c(Cl)c1C. The Hall–Kier alpha value is -2.40. The Balaban J connectivity index is 2.84. The molecule has 31 heavy (non-hydrogen) atoms. The second-order valence-corrected chi connectivity index (χ2v) is 8.05. The van der Waals surface area contributed by atoms with Gasteiger partial charge in [-0.1, -0.05) is 50.6 Å². The van der Waals surface area contributed by atoms with E-state index in [1.807, 2.05) is 40.1 Å². The molecule has 3 N–H and O–H groups in total. The number of urea groups is 1. The molecule has 0 bridgehead atoms. The number of benzene rings is 1. The fourth-order valence-electron chi connectivity index (χ4n) is 3.39. The van der Waals surface area contributed by atoms with Gasteiger partial charge in [0.05, 0.1) is 0 Å². The molecule has 2 atom stereocenters. The van der Waals surface area contributed by atoms with Crippen molar-refractivity contribution in [1.29, 1.82) is 5.41 Å². The molecule has 0 saturated heterocycles. The van der Waals surface area contributed by atoms with Crippen LogP contribution in [0.5, 0.6) is 0 Å². The van der Waals surface area contributed by atoms with E-state index >= 15 is 0 Å². The normalized spacial score (nSPS) is 12.8. The summed E-state index contributed by atoms with van der Waals surface area (Å²) in [6.45, 7) is 10.9. The monoisotopic (exact) mass is 445 g/mol. The van der Waals surface area contributed by atoms with Crippen LogP contribution in [-0.2, 0) is 0 Å². The van der Waals surface area contributed by atoms with Gasteiger partial charge in [-0.25, -0.2) is 9.79 Å². The van der Waals surface area contributed by atoms with Gasteiger partial charge in [-0.05, 0) is 56.5 Å². The van der Waals surface area contributed by atoms with Crippen molar-refractivity contribution in [1.82, 2.24) is 15.5 Å². The molecule has 0 aromatic heterocycles. The van der Waals surface area contributed by atoms with Gasteiger partial charge in [0.15, 0.2) is 5.84 Å². The molecular formula is C24H36ClN5O. The van der Waals surface area contributed by atoms with Crippen LogP contribution in [0, 0.1) is 12.3 Å². The van der Waals surface area contributed by atoms with Crippen LogP contribution in [0.3, 0.4) is 0 Å². The Morgan fingerprint density at radius 3 is 2.74 bits per heavy atom. The number of rotatable bonds is 11. The minimum atomic E-state index is -0.0720. The number of amidine groups is 1. The fraction of sp³-hybridized carbons (Fsp3) is 0.500. The average molecular weight is 446 g/mol. The maximum Gasteiger partial charge on any atom is 0.317 e. The molecule has 1 aromatic rings. The van der Waals surface area contributed by atoms with Crippen LogP contribution >= 0.6 is 11.6 Å². The van der Waals surface area contributed by atoms with Gasteiger partial charge in [0, 0.05) is 36.4 Å². The third-order valence-electron chi connectivity index (χ3n) is 5.38. The topological polar surface area (TPSA) is 80.6 Å². The van der Waals surface area contributed by atoms with Gasteiger partial charge in [0.1, 0.15) is 0 Å². The van der Waals surface area contributed by atoms with E-state index in [1.165, 1.54) is 6.21 Å². The summed E-state index contributed by atoms with van der Waals surface area (Å²) < 4.78 is 0. The molecule has 0 aliphatic heterocycles. The molecule has 0 aliphatic carbocycles. The van der Waals surface area contributed by atoms with Crippen molar-refractivity contribution in [3.05, 3.63) is 52.2 Å². The number of nitrogens with zero attached hydrogens (tertiary/aromatic N) is 2. The second kappa shape index (κ2) is 13.8. The van der Waals surface area contributed by atoms with Crippen molar-refractivity contribution in [2.45, 2.75) is 52.0 Å². The summed E-state index contributed by atoms with van der Waals surface area (Å²) in [5, 5.41) is 14.9. The smallest absolute Gasteiger partial charge is 0.317 e. The van der Waals surface area contributed by atoms with Crippen molar-refractivity contribution in [3.63, 3.8) is 0 Å². The molecule has 2 unspecified atom stereocenters. The molecule has 1 rings (SSSR count). The molecule has 7 heteroatoms. The van der Waals surface area contributed by atoms with E-state index < -0.39 is 0 Å². The quantitative estimate of drug-likeness (QED) is 0.257. The highest BCUT2D eigenvalue weighted by molar-refractivity contribution is 6.32. The van der Waals surface area contributed by atoms with Gasteiger partial charge in [0.25, 0.3) is 0 Å². The standard InChI is InChI=1S/C24H36ClN5O/c1-7-9-14-28-23(26)21-12-11-20(22(25)18(21)4)17(3)16-29-24(31)30(6)19(10-8-2)13-15-27-5/h9,11-12,14,17,19,26-27H,1,8,10,13,15-16H2,2-6H3,(H,29,31). The van der Waals surface area contributed by atoms with Crippen molar-refractivity contribution in [2.24, 2.45) is 4.99 Å². The zero-order valence-corrected chi connectivity index (χ0v) is 20.1. The molecule has 0 spiro atoms. The lowest BCUT2D eigenvalue weighted by molar-refractivity contribution is 0.182. The molecular weight excluding hydrogens is 410 g/mol. The van der Waals surface area contributed by atoms with Crippen LogP contribution in [0.2, 0.25) is 5.02 Å². The van der Waals surface area contributed by atoms with E-state index in [4.69, 9.17) is 17.0 Å². The number of hydrogen-bond acceptors (Lipinski definition) is 3. The summed E-state index contributed by atoms with van der Waals surface area (Å²) in [5.74, 6) is 0.157. The molecule has 2 amide bonds. The number of amides is 2. The van der Waals surface area contributed by atoms with Crippen LogP contribution in [-0.4, -0.2) is 56.2 Å². The Labute approximate surface area is 192 Å². The predicted octanol–water partition coefficient (Wildman–Crippen LogP) is 4.91. The Kier molecular flexibility index (Phi) is 11.9. The van der Waals surface area contributed by atoms with Crippen molar-refractivity contribution in [3.8, 4) is 0 Å². The highest BCUT2D eigenvalue weighted by Crippen LogP contribution is 2.30. The van der Waals surface area contributed by atoms with Crippen molar-refractivity contribution in [2.75, 3.05) is 27.2 Å². The van der Waals surface area contributed by atoms with Crippen LogP contribution in [0.1, 0.15) is 55.7 Å². The maximum absolute atomic E-state index is 12.7. The van der Waals surface area contributed by atoms with E-state index in [0.29, 0.717) is 17.1 Å². The van der Waals surface area contributed by atoms with Crippen LogP contribution in [0.25, 0.3) is 0 Å². The largest absolute Gasteiger partial charge is 0.337 e. The molecule has 0 saturated carbocycles. The number of nitrogens with one attached hydrogen (secondary N) is 3. The first-order chi connectivity index (χ1) is 14.8. The summed E-state index contributed by atoms with van der Waals surface area (Å²) in [4.78, 5) is 18.6. The summed E-state index contributed by atoms with van der Waals surface area (Å²) in [5.41, 5.74) is 5.00. The average Bonchev–Trinajstić information content (AvgIpc) is 2.76. The van der Waals surface area contributed by atoms with Crippen LogP contribution < -0.4 is 10.6 Å². The fourth-order valence-corrected chi connectivity index (χ4v) is 3.74. The zero-order chi connectivity index (χ0) is 23.4. The van der Waals surface area contributed by atoms with Gasteiger partial charge >= 0.3 is 6.03 Å². The summed E-state index contributed by atoms with van der Waals surface area (Å²) in [6, 6.07) is 3.90. The molecule has 170 valence electrons. The Morgan fingerprint density at radius 1 is 1.42 bits per heavy atom. The minimum Gasteiger partial charge on any atom is -0.337 e. The highest BCUT2D eigenvalue weighted by Gasteiger charge is 2.20. The van der Waals surface area contributed by atoms with Gasteiger partial charge < -0.3 is 15.5 Å². The second-order valence-electron chi connectivity index (χ2n) is 7.67. The number of hydrogen-bond donors (Lipinski definition) is 3. The number of allylic oxidation sites excluding steroid dienone is 1. The number of aliphatic imine (C=N–C) groups is 1. The number of halogens is 1. The van der Waals surface area contributed by atoms with E-state index in [0.717, 1.165) is 36.9 Å². The van der Waals surface area contributed by atoms with E-state index in [2.05, 4.69) is 34.9 Å². The molecule has 0 aliphatic rings. The molecule has 0 radical (unpaired) electrons. The minimum absolute atomic E-state index is 0.0286. The first kappa shape index (κ1) is 26.6. The number of carbonyl (C=O) groups excluding carboxylic acids is 1. The lowest BCUT2D eigenvalue weighted by Crippen LogP contribution is -2.45. The van der Waals surface area contributed by atoms with Crippen molar-refractivity contribution >= 4 is 29.7 Å². The van der Waals surface area contributed by atoms with E-state index in [-0.39, 0.29) is 23.8 Å². The third-order valence-corrected chi connectivity index (χ3v) is 5.88. The van der Waals surface area contributed by atoms with E-state index in [9.17, 15) is 4.79 Å². The Bertz CT molecular complexity index is 830. The van der Waals surface area contributed by atoms with Gasteiger partial charge in [-0.3, -0.25) is 5.41 Å². The molecule has 1 aromatic carbocycles. The Morgan fingerprint density at radius 2 is 2.13 bits per heavy atom. The number of carbonyl (C=O) groups is 1. The van der Waals surface area contributed by atoms with Gasteiger partial charge in [-0.15, -0.1) is 5.73 Å². The molecule has 0 fully saturated rings. The third kappa shape index (κ3) is 7.98. The highest BCUT2D eigenvalue weighted by atomic mass is 35.5. The predicted molar refractivity (Wildman–Crippen MR) is 132 cm³/mol. The van der Waals surface area contributed by atoms with Crippen LogP contribution in [0.4, 0.5) is 4.79 Å². The summed E-state index contributed by atoms with van der Waals surface area (Å²) >= 11 is 6.62. The maximum atomic E-state index is 12.7. The molecule has 6 nitrogen and oxygen atoms in total. The first-order valence-corrected chi connectivity index (χ1v) is 11.1. The lowest BCUT2D eigenvalue weighted by atomic mass is 9.96. The first-order valence-electron chi connectivity index (χ1n) is 10.7. The summed E-state index contributed by atoms with van der Waals surface area (Å²) in [6.07, 6.45) is 5.96. The van der Waals surface area contributed by atoms with Gasteiger partial charge in [0.2, 0.25) is 0 Å². The van der Waals surface area contributed by atoms with Gasteiger partial charge in [-0.2, -0.15) is 0 Å². The zero-order valence-electron chi connectivity index (χ0n) is 19.4. The van der Waals surface area contributed by atoms with E-state index in [1.54, 1.807) is 11.0 Å². The van der Waals surface area contributed by atoms with Crippen molar-refractivity contribution < 1.29 is 4.79 Å². The lowest BCUT2D eigenvalue weighted by Gasteiger charge is -2.29. The van der Waals surface area contributed by atoms with Crippen LogP contribution in [0.15, 0.2) is 35.5 Å². The molecule has 0 heterocycles.